The van der Waals surface area contributed by atoms with E-state index < -0.39 is 66.8 Å². The van der Waals surface area contributed by atoms with Crippen molar-refractivity contribution >= 4 is 29.6 Å². The number of aliphatic hydroxyl groups is 1. The van der Waals surface area contributed by atoms with Crippen molar-refractivity contribution < 1.29 is 43.3 Å². The van der Waals surface area contributed by atoms with Crippen LogP contribution in [-0.4, -0.2) is 147 Å². The number of rotatable bonds is 20. The van der Waals surface area contributed by atoms with E-state index in [1.165, 1.54) is 21.3 Å². The van der Waals surface area contributed by atoms with Crippen LogP contribution in [0.1, 0.15) is 74.1 Å². The minimum Gasteiger partial charge on any atom is -0.467 e. The van der Waals surface area contributed by atoms with Gasteiger partial charge in [-0.1, -0.05) is 54.9 Å². The predicted molar refractivity (Wildman–Crippen MR) is 186 cm³/mol. The molecule has 14 heteroatoms. The summed E-state index contributed by atoms with van der Waals surface area (Å²) in [5.74, 6) is -2.90. The Hall–Kier alpha value is -2.81. The van der Waals surface area contributed by atoms with E-state index in [0.717, 1.165) is 6.42 Å². The first-order valence-corrected chi connectivity index (χ1v) is 17.5. The van der Waals surface area contributed by atoms with Crippen LogP contribution in [0, 0.1) is 23.7 Å². The van der Waals surface area contributed by atoms with Crippen molar-refractivity contribution in [2.75, 3.05) is 55.6 Å². The Bertz CT molecular complexity index is 1080. The second-order valence-electron chi connectivity index (χ2n) is 14.2. The number of amides is 4. The zero-order valence-corrected chi connectivity index (χ0v) is 32.1. The molecule has 49 heavy (non-hydrogen) atoms. The fraction of sp³-hybridized carbons (Fsp3) is 0.857. The van der Waals surface area contributed by atoms with Crippen LogP contribution in [0.25, 0.3) is 0 Å². The molecule has 1 unspecified atom stereocenters. The molecule has 0 spiro atoms. The monoisotopic (exact) mass is 699 g/mol. The second-order valence-corrected chi connectivity index (χ2v) is 14.2. The first-order chi connectivity index (χ1) is 22.9. The fourth-order valence-corrected chi connectivity index (χ4v) is 7.04. The summed E-state index contributed by atoms with van der Waals surface area (Å²) in [6.07, 6.45) is 0.672. The van der Waals surface area contributed by atoms with Crippen LogP contribution in [-0.2, 0) is 38.2 Å². The van der Waals surface area contributed by atoms with Gasteiger partial charge in [-0.15, -0.1) is 0 Å². The molecule has 1 heterocycles. The van der Waals surface area contributed by atoms with Crippen LogP contribution in [0.3, 0.4) is 0 Å². The molecule has 0 saturated carbocycles. The predicted octanol–water partition coefficient (Wildman–Crippen LogP) is 1.28. The molecule has 0 radical (unpaired) electrons. The molecule has 0 aromatic heterocycles. The number of likely N-dealkylation sites (tertiary alicyclic amines) is 1. The SMILES string of the molecule is CC[C@H](C)[C@@H]([C@@H](CC(=O)N1CCC[C@H]1[C@H](OC)[C@@H](C)C(=O)N[C@@H](CO)C(=O)OC)OC)N(C)C(=O)[C@@H](NC(=O)C(C(C)C)N(C)C)C(C)C. The minimum absolute atomic E-state index is 0.0136. The fourth-order valence-electron chi connectivity index (χ4n) is 7.04. The van der Waals surface area contributed by atoms with Crippen molar-refractivity contribution in [3.63, 3.8) is 0 Å². The maximum atomic E-state index is 14.1. The molecule has 1 fully saturated rings. The van der Waals surface area contributed by atoms with E-state index in [1.807, 2.05) is 60.5 Å². The van der Waals surface area contributed by atoms with Gasteiger partial charge in [0.25, 0.3) is 0 Å². The number of nitrogens with zero attached hydrogens (tertiary/aromatic N) is 3. The van der Waals surface area contributed by atoms with Gasteiger partial charge >= 0.3 is 5.97 Å². The van der Waals surface area contributed by atoms with E-state index in [0.29, 0.717) is 19.4 Å². The van der Waals surface area contributed by atoms with E-state index in [9.17, 15) is 29.1 Å². The van der Waals surface area contributed by atoms with Crippen LogP contribution < -0.4 is 10.6 Å². The van der Waals surface area contributed by atoms with E-state index in [-0.39, 0.29) is 41.9 Å². The number of hydrogen-bond acceptors (Lipinski definition) is 10. The van der Waals surface area contributed by atoms with Gasteiger partial charge in [-0.05, 0) is 44.7 Å². The van der Waals surface area contributed by atoms with Gasteiger partial charge in [-0.3, -0.25) is 24.1 Å². The average Bonchev–Trinajstić information content (AvgIpc) is 3.54. The summed E-state index contributed by atoms with van der Waals surface area (Å²) < 4.78 is 16.4. The number of ether oxygens (including phenoxy) is 3. The topological polar surface area (TPSA) is 167 Å². The van der Waals surface area contributed by atoms with E-state index in [1.54, 1.807) is 23.8 Å². The highest BCUT2D eigenvalue weighted by molar-refractivity contribution is 5.90. The molecular weight excluding hydrogens is 634 g/mol. The molecule has 0 aromatic carbocycles. The lowest BCUT2D eigenvalue weighted by molar-refractivity contribution is -0.149. The van der Waals surface area contributed by atoms with Gasteiger partial charge in [-0.2, -0.15) is 0 Å². The van der Waals surface area contributed by atoms with E-state index in [4.69, 9.17) is 9.47 Å². The molecule has 0 bridgehead atoms. The van der Waals surface area contributed by atoms with Gasteiger partial charge in [0, 0.05) is 27.8 Å². The maximum absolute atomic E-state index is 14.1. The average molecular weight is 700 g/mol. The highest BCUT2D eigenvalue weighted by atomic mass is 16.5. The van der Waals surface area contributed by atoms with Crippen LogP contribution in [0.15, 0.2) is 0 Å². The number of nitrogens with one attached hydrogen (secondary N) is 2. The summed E-state index contributed by atoms with van der Waals surface area (Å²) in [6, 6.07) is -3.30. The van der Waals surface area contributed by atoms with Crippen LogP contribution >= 0.6 is 0 Å². The number of hydrogen-bond donors (Lipinski definition) is 3. The maximum Gasteiger partial charge on any atom is 0.330 e. The van der Waals surface area contributed by atoms with Crippen molar-refractivity contribution in [2.24, 2.45) is 23.7 Å². The molecule has 9 atom stereocenters. The largest absolute Gasteiger partial charge is 0.467 e. The molecule has 1 rings (SSSR count). The Morgan fingerprint density at radius 1 is 0.898 bits per heavy atom. The Kier molecular flexibility index (Phi) is 18.7. The lowest BCUT2D eigenvalue weighted by Gasteiger charge is -2.41. The Morgan fingerprint density at radius 3 is 1.96 bits per heavy atom. The lowest BCUT2D eigenvalue weighted by Crippen LogP contribution is -2.59. The number of aliphatic hydroxyl groups excluding tert-OH is 1. The molecule has 14 nitrogen and oxygen atoms in total. The first-order valence-electron chi connectivity index (χ1n) is 17.5. The zero-order valence-electron chi connectivity index (χ0n) is 32.1. The van der Waals surface area contributed by atoms with Crippen LogP contribution in [0.5, 0.6) is 0 Å². The highest BCUT2D eigenvalue weighted by Crippen LogP contribution is 2.29. The summed E-state index contributed by atoms with van der Waals surface area (Å²) in [6.45, 7) is 13.3. The third kappa shape index (κ3) is 11.6. The Balaban J connectivity index is 3.27. The molecule has 0 aliphatic carbocycles. The number of carbonyl (C=O) groups excluding carboxylic acids is 5. The van der Waals surface area contributed by atoms with Crippen molar-refractivity contribution in [1.29, 1.82) is 0 Å². The van der Waals surface area contributed by atoms with E-state index in [2.05, 4.69) is 15.4 Å². The summed E-state index contributed by atoms with van der Waals surface area (Å²) in [7, 11) is 9.56. The van der Waals surface area contributed by atoms with Crippen molar-refractivity contribution in [3.8, 4) is 0 Å². The summed E-state index contributed by atoms with van der Waals surface area (Å²) in [5, 5.41) is 15.1. The van der Waals surface area contributed by atoms with Crippen molar-refractivity contribution in [1.82, 2.24) is 25.3 Å². The molecule has 1 aliphatic rings. The normalized spacial score (nSPS) is 19.9. The molecule has 1 aliphatic heterocycles. The van der Waals surface area contributed by atoms with Gasteiger partial charge in [0.2, 0.25) is 23.6 Å². The lowest BCUT2D eigenvalue weighted by atomic mass is 9.89. The molecule has 4 amide bonds. The van der Waals surface area contributed by atoms with Gasteiger partial charge in [0.05, 0.1) is 56.4 Å². The molecule has 1 saturated heterocycles. The van der Waals surface area contributed by atoms with Crippen LogP contribution in [0.2, 0.25) is 0 Å². The summed E-state index contributed by atoms with van der Waals surface area (Å²) in [5.41, 5.74) is 0. The van der Waals surface area contributed by atoms with Gasteiger partial charge in [0.15, 0.2) is 6.04 Å². The third-order valence-electron chi connectivity index (χ3n) is 9.93. The number of esters is 1. The first kappa shape index (κ1) is 44.2. The number of methoxy groups -OCH3 is 3. The quantitative estimate of drug-likeness (QED) is 0.158. The smallest absolute Gasteiger partial charge is 0.330 e. The highest BCUT2D eigenvalue weighted by Gasteiger charge is 2.43. The molecule has 3 N–H and O–H groups in total. The Labute approximate surface area is 293 Å². The van der Waals surface area contributed by atoms with Crippen molar-refractivity contribution in [2.45, 2.75) is 117 Å². The Morgan fingerprint density at radius 2 is 1.51 bits per heavy atom. The van der Waals surface area contributed by atoms with Crippen LogP contribution in [0.4, 0.5) is 0 Å². The standard InChI is InChI=1S/C35H65N5O9/c1-14-22(6)30(39(10)34(45)28(20(2)3)37-33(44)29(21(4)5)38(8)9)26(47-11)18-27(42)40-17-15-16-25(40)31(48-12)23(7)32(43)36-24(19-41)35(46)49-13/h20-26,28-31,41H,14-19H2,1-13H3,(H,36,43)(H,37,44)/t22-,23+,24-,25-,26+,28-,29?,30-,31+/m0/s1. The summed E-state index contributed by atoms with van der Waals surface area (Å²) >= 11 is 0. The van der Waals surface area contributed by atoms with E-state index >= 15 is 0 Å². The third-order valence-corrected chi connectivity index (χ3v) is 9.93. The number of likely N-dealkylation sites (N-methyl/N-ethyl adjacent to an activating group) is 2. The zero-order chi connectivity index (χ0) is 37.7. The van der Waals surface area contributed by atoms with Gasteiger partial charge < -0.3 is 39.8 Å². The number of carbonyl (C=O) groups is 5. The minimum atomic E-state index is -1.22. The summed E-state index contributed by atoms with van der Waals surface area (Å²) in [4.78, 5) is 71.7. The van der Waals surface area contributed by atoms with Gasteiger partial charge in [0.1, 0.15) is 6.04 Å². The molecule has 0 aromatic rings. The molecular formula is C35H65N5O9. The molecule has 284 valence electrons. The van der Waals surface area contributed by atoms with Gasteiger partial charge in [-0.25, -0.2) is 4.79 Å². The second kappa shape index (κ2) is 20.8. The van der Waals surface area contributed by atoms with Crippen molar-refractivity contribution in [3.05, 3.63) is 0 Å².